The standard InChI is InChI=1S/C39H44F5N7O3.ClH/c1-22-18-27(35(53)47-28-14-16-46-17-15-28)10-12-30(22)25-6-2-23(3-7-25)19-33(49-34(52)26-8-4-24(21-45)5-9-26)36(54)48-29-11-13-31-32(20-29)51-37(50-31)38(40,41)39(42,43)44;/h2-3,6-7,10-13,18,20,24,26,28,33,46H,4-5,8-9,14-17,19,21,45H2,1H3,(H,47,53)(H,48,54)(H,49,52)(H,50,51);1H/t24?,26?,33-;/m0./s1. The number of imidazole rings is 1. The zero-order valence-electron chi connectivity index (χ0n) is 30.2. The molecule has 0 spiro atoms. The molecule has 7 N–H and O–H groups in total. The second-order valence-electron chi connectivity index (χ2n) is 14.3. The highest BCUT2D eigenvalue weighted by molar-refractivity contribution is 5.99. The highest BCUT2D eigenvalue weighted by atomic mass is 35.5. The molecule has 4 aromatic rings. The zero-order chi connectivity index (χ0) is 38.6. The summed E-state index contributed by atoms with van der Waals surface area (Å²) in [6, 6.07) is 15.9. The number of halogens is 6. The van der Waals surface area contributed by atoms with Crippen LogP contribution >= 0.6 is 12.4 Å². The fourth-order valence-corrected chi connectivity index (χ4v) is 7.17. The maximum absolute atomic E-state index is 13.9. The molecule has 1 saturated heterocycles. The highest BCUT2D eigenvalue weighted by Gasteiger charge is 2.61. The van der Waals surface area contributed by atoms with Crippen molar-refractivity contribution >= 4 is 46.8 Å². The summed E-state index contributed by atoms with van der Waals surface area (Å²) in [5.74, 6) is -7.70. The lowest BCUT2D eigenvalue weighted by Gasteiger charge is -2.28. The van der Waals surface area contributed by atoms with Crippen LogP contribution in [0.25, 0.3) is 22.2 Å². The molecule has 1 aliphatic carbocycles. The predicted molar refractivity (Wildman–Crippen MR) is 202 cm³/mol. The summed E-state index contributed by atoms with van der Waals surface area (Å²) in [6.45, 7) is 4.23. The highest BCUT2D eigenvalue weighted by Crippen LogP contribution is 2.43. The first-order chi connectivity index (χ1) is 25.7. The molecule has 2 heterocycles. The molecule has 0 unspecified atom stereocenters. The molecule has 3 amide bonds. The number of rotatable bonds is 11. The van der Waals surface area contributed by atoms with Crippen LogP contribution in [-0.2, 0) is 21.9 Å². The number of nitrogens with zero attached hydrogens (tertiary/aromatic N) is 1. The van der Waals surface area contributed by atoms with E-state index < -0.39 is 29.9 Å². The van der Waals surface area contributed by atoms with Crippen LogP contribution in [0.2, 0.25) is 0 Å². The number of aryl methyl sites for hydroxylation is 1. The summed E-state index contributed by atoms with van der Waals surface area (Å²) in [5, 5.41) is 12.0. The van der Waals surface area contributed by atoms with Crippen molar-refractivity contribution in [3.05, 3.63) is 83.2 Å². The number of benzene rings is 3. The number of hydrogen-bond donors (Lipinski definition) is 6. The molecule has 296 valence electrons. The van der Waals surface area contributed by atoms with Crippen LogP contribution < -0.4 is 27.0 Å². The van der Waals surface area contributed by atoms with Crippen LogP contribution in [0, 0.1) is 18.8 Å². The molecular weight excluding hydrogens is 745 g/mol. The van der Waals surface area contributed by atoms with Gasteiger partial charge in [-0.25, -0.2) is 4.98 Å². The number of nitrogens with one attached hydrogen (secondary N) is 5. The Bertz CT molecular complexity index is 1970. The first-order valence-corrected chi connectivity index (χ1v) is 18.2. The first-order valence-electron chi connectivity index (χ1n) is 18.2. The van der Waals surface area contributed by atoms with E-state index >= 15 is 0 Å². The van der Waals surface area contributed by atoms with Gasteiger partial charge in [0, 0.05) is 29.6 Å². The minimum atomic E-state index is -5.85. The Morgan fingerprint density at radius 1 is 0.909 bits per heavy atom. The van der Waals surface area contributed by atoms with E-state index in [1.54, 1.807) is 6.07 Å². The quantitative estimate of drug-likeness (QED) is 0.0951. The van der Waals surface area contributed by atoms with Gasteiger partial charge in [0.15, 0.2) is 5.82 Å². The summed E-state index contributed by atoms with van der Waals surface area (Å²) in [4.78, 5) is 45.5. The molecule has 1 atom stereocenters. The summed E-state index contributed by atoms with van der Waals surface area (Å²) < 4.78 is 66.8. The minimum Gasteiger partial charge on any atom is -0.349 e. The molecule has 55 heavy (non-hydrogen) atoms. The lowest BCUT2D eigenvalue weighted by atomic mass is 9.81. The maximum atomic E-state index is 13.9. The summed E-state index contributed by atoms with van der Waals surface area (Å²) >= 11 is 0. The number of aromatic nitrogens is 2. The van der Waals surface area contributed by atoms with Crippen LogP contribution in [-0.4, -0.2) is 65.6 Å². The van der Waals surface area contributed by atoms with Gasteiger partial charge >= 0.3 is 12.1 Å². The molecule has 1 saturated carbocycles. The fraction of sp³-hybridized carbons (Fsp3) is 0.436. The number of aromatic amines is 1. The lowest BCUT2D eigenvalue weighted by molar-refractivity contribution is -0.292. The van der Waals surface area contributed by atoms with E-state index in [2.05, 4.69) is 26.3 Å². The van der Waals surface area contributed by atoms with Gasteiger partial charge in [-0.15, -0.1) is 12.4 Å². The number of carbonyl (C=O) groups is 3. The van der Waals surface area contributed by atoms with Crippen molar-refractivity contribution in [1.82, 2.24) is 25.9 Å². The third-order valence-corrected chi connectivity index (χ3v) is 10.5. The van der Waals surface area contributed by atoms with Gasteiger partial charge in [0.1, 0.15) is 6.04 Å². The van der Waals surface area contributed by atoms with Gasteiger partial charge in [0.05, 0.1) is 11.0 Å². The van der Waals surface area contributed by atoms with Gasteiger partial charge < -0.3 is 32.0 Å². The van der Waals surface area contributed by atoms with Gasteiger partial charge in [-0.3, -0.25) is 14.4 Å². The number of nitrogens with two attached hydrogens (primary N) is 1. The van der Waals surface area contributed by atoms with E-state index in [1.165, 1.54) is 18.2 Å². The second kappa shape index (κ2) is 17.5. The van der Waals surface area contributed by atoms with Crippen molar-refractivity contribution in [2.75, 3.05) is 25.0 Å². The van der Waals surface area contributed by atoms with Crippen molar-refractivity contribution in [2.24, 2.45) is 17.6 Å². The molecule has 0 radical (unpaired) electrons. The molecule has 1 aromatic heterocycles. The number of piperidine rings is 1. The van der Waals surface area contributed by atoms with E-state index in [0.29, 0.717) is 30.9 Å². The third kappa shape index (κ3) is 9.80. The maximum Gasteiger partial charge on any atom is 0.461 e. The van der Waals surface area contributed by atoms with Crippen LogP contribution in [0.3, 0.4) is 0 Å². The number of alkyl halides is 5. The summed E-state index contributed by atoms with van der Waals surface area (Å²) in [5.41, 5.74) is 9.71. The second-order valence-corrected chi connectivity index (χ2v) is 14.3. The Kier molecular flexibility index (Phi) is 13.2. The normalized spacial score (nSPS) is 18.6. The number of fused-ring (bicyclic) bond motifs is 1. The van der Waals surface area contributed by atoms with Gasteiger partial charge in [-0.05, 0) is 124 Å². The largest absolute Gasteiger partial charge is 0.461 e. The van der Waals surface area contributed by atoms with Gasteiger partial charge in [-0.1, -0.05) is 30.3 Å². The van der Waals surface area contributed by atoms with Crippen molar-refractivity contribution in [3.63, 3.8) is 0 Å². The summed E-state index contributed by atoms with van der Waals surface area (Å²) in [7, 11) is 0. The van der Waals surface area contributed by atoms with E-state index in [9.17, 15) is 36.3 Å². The van der Waals surface area contributed by atoms with E-state index in [-0.39, 0.29) is 59.3 Å². The van der Waals surface area contributed by atoms with Gasteiger partial charge in [0.25, 0.3) is 5.91 Å². The minimum absolute atomic E-state index is 0. The van der Waals surface area contributed by atoms with E-state index in [4.69, 9.17) is 5.73 Å². The molecule has 2 aliphatic rings. The van der Waals surface area contributed by atoms with Crippen molar-refractivity contribution in [2.45, 2.75) is 76.1 Å². The number of H-pyrrole nitrogens is 1. The predicted octanol–water partition coefficient (Wildman–Crippen LogP) is 6.53. The van der Waals surface area contributed by atoms with Crippen molar-refractivity contribution in [3.8, 4) is 11.1 Å². The first kappa shape index (κ1) is 41.6. The smallest absolute Gasteiger partial charge is 0.349 e. The monoisotopic (exact) mass is 789 g/mol. The van der Waals surface area contributed by atoms with Crippen LogP contribution in [0.4, 0.5) is 27.6 Å². The topological polar surface area (TPSA) is 154 Å². The lowest BCUT2D eigenvalue weighted by Crippen LogP contribution is -2.48. The third-order valence-electron chi connectivity index (χ3n) is 10.5. The van der Waals surface area contributed by atoms with Crippen LogP contribution in [0.5, 0.6) is 0 Å². The molecule has 0 bridgehead atoms. The number of hydrogen-bond acceptors (Lipinski definition) is 6. The Morgan fingerprint density at radius 3 is 2.24 bits per heavy atom. The van der Waals surface area contributed by atoms with Crippen molar-refractivity contribution < 1.29 is 36.3 Å². The van der Waals surface area contributed by atoms with Crippen molar-refractivity contribution in [1.29, 1.82) is 0 Å². The molecule has 2 fully saturated rings. The number of anilines is 1. The SMILES string of the molecule is Cc1cc(C(=O)NC2CCNCC2)ccc1-c1ccc(C[C@H](NC(=O)C2CCC(CN)CC2)C(=O)Nc2ccc3[nH]c(C(F)(F)C(F)(F)F)nc3c2)cc1.Cl. The van der Waals surface area contributed by atoms with E-state index in [1.807, 2.05) is 48.3 Å². The number of amides is 3. The average Bonchev–Trinajstić information content (AvgIpc) is 3.59. The van der Waals surface area contributed by atoms with E-state index in [0.717, 1.165) is 61.0 Å². The Hall–Kier alpha value is -4.60. The zero-order valence-corrected chi connectivity index (χ0v) is 31.0. The molecule has 16 heteroatoms. The Balaban J connectivity index is 0.00000580. The fourth-order valence-electron chi connectivity index (χ4n) is 7.17. The average molecular weight is 790 g/mol. The van der Waals surface area contributed by atoms with Gasteiger partial charge in [0.2, 0.25) is 11.8 Å². The molecule has 3 aromatic carbocycles. The molecule has 6 rings (SSSR count). The molecule has 10 nitrogen and oxygen atoms in total. The number of carbonyl (C=O) groups excluding carboxylic acids is 3. The van der Waals surface area contributed by atoms with Gasteiger partial charge in [-0.2, -0.15) is 22.0 Å². The Morgan fingerprint density at radius 2 is 1.60 bits per heavy atom. The Labute approximate surface area is 321 Å². The molecular formula is C39H45ClF5N7O3. The molecule has 1 aliphatic heterocycles. The van der Waals surface area contributed by atoms with Crippen LogP contribution in [0.15, 0.2) is 60.7 Å². The van der Waals surface area contributed by atoms with Crippen LogP contribution in [0.1, 0.15) is 65.8 Å². The summed E-state index contributed by atoms with van der Waals surface area (Å²) in [6.07, 6.45) is -1.10.